The smallest absolute Gasteiger partial charge is 0.217 e. The minimum atomic E-state index is -1.83. The Hall–Kier alpha value is -1.58. The Labute approximate surface area is 223 Å². The van der Waals surface area contributed by atoms with E-state index in [4.69, 9.17) is 23.7 Å². The lowest BCUT2D eigenvalue weighted by Crippen LogP contribution is -2.69. The van der Waals surface area contributed by atoms with Crippen LogP contribution >= 0.6 is 0 Å². The molecule has 0 aromatic carbocycles. The molecule has 0 unspecified atom stereocenters. The molecule has 0 spiro atoms. The summed E-state index contributed by atoms with van der Waals surface area (Å²) < 4.78 is 27.7. The number of amides is 2. The summed E-state index contributed by atoms with van der Waals surface area (Å²) in [5.41, 5.74) is 0. The van der Waals surface area contributed by atoms with Crippen LogP contribution in [0, 0.1) is 0 Å². The molecule has 0 aromatic rings. The van der Waals surface area contributed by atoms with E-state index < -0.39 is 117 Å². The number of hydrogen-bond donors (Lipinski definition) is 10. The molecule has 3 fully saturated rings. The van der Waals surface area contributed by atoms with Gasteiger partial charge in [0.1, 0.15) is 67.0 Å². The van der Waals surface area contributed by atoms with E-state index in [-0.39, 0.29) is 0 Å². The van der Waals surface area contributed by atoms with Crippen molar-refractivity contribution in [2.45, 2.75) is 113 Å². The molecular formula is C22H38N2O15. The zero-order chi connectivity index (χ0) is 29.2. The summed E-state index contributed by atoms with van der Waals surface area (Å²) in [5, 5.41) is 87.4. The maximum atomic E-state index is 11.7. The van der Waals surface area contributed by atoms with Crippen LogP contribution in [0.1, 0.15) is 20.8 Å². The number of nitrogens with one attached hydrogen (secondary N) is 2. The van der Waals surface area contributed by atoms with Crippen molar-refractivity contribution in [2.24, 2.45) is 0 Å². The van der Waals surface area contributed by atoms with E-state index in [0.29, 0.717) is 0 Å². The van der Waals surface area contributed by atoms with Gasteiger partial charge in [-0.15, -0.1) is 0 Å². The fourth-order valence-electron chi connectivity index (χ4n) is 4.80. The zero-order valence-electron chi connectivity index (χ0n) is 21.5. The standard InChI is InChI=1S/C22H38N2O15/c1-6-13(29)19(39-21-11(23-7(2)27)16(32)14(30)9(4-25)37-21)17(33)22(35-6)38-18-12(24-8(3)28)20(34)36-10(5-26)15(18)31/h6,9-22,25-26,29-34H,4-5H2,1-3H3,(H,23,27)(H,24,28)/t6-,9+,10+,11+,12+,13+,14+,15+,16+,17-,18+,19+,20+,21-,22-/m0/s1. The van der Waals surface area contributed by atoms with E-state index in [2.05, 4.69) is 10.6 Å². The highest BCUT2D eigenvalue weighted by Crippen LogP contribution is 2.32. The Kier molecular flexibility index (Phi) is 11.0. The molecule has 0 aliphatic carbocycles. The van der Waals surface area contributed by atoms with Crippen LogP contribution in [0.25, 0.3) is 0 Å². The molecule has 0 bridgehead atoms. The third kappa shape index (κ3) is 7.02. The van der Waals surface area contributed by atoms with Crippen molar-refractivity contribution in [2.75, 3.05) is 13.2 Å². The summed E-state index contributed by atoms with van der Waals surface area (Å²) in [6.07, 6.45) is -19.9. The Morgan fingerprint density at radius 3 is 1.77 bits per heavy atom. The summed E-state index contributed by atoms with van der Waals surface area (Å²) in [4.78, 5) is 23.4. The molecule has 0 radical (unpaired) electrons. The van der Waals surface area contributed by atoms with Gasteiger partial charge in [0.25, 0.3) is 0 Å². The number of ether oxygens (including phenoxy) is 5. The summed E-state index contributed by atoms with van der Waals surface area (Å²) in [5.74, 6) is -1.23. The minimum absolute atomic E-state index is 0.612. The van der Waals surface area contributed by atoms with Gasteiger partial charge in [-0.2, -0.15) is 0 Å². The molecule has 3 aliphatic rings. The molecule has 15 atom stereocenters. The van der Waals surface area contributed by atoms with Crippen LogP contribution in [0.5, 0.6) is 0 Å². The lowest BCUT2D eigenvalue weighted by molar-refractivity contribution is -0.362. The van der Waals surface area contributed by atoms with Gasteiger partial charge in [-0.3, -0.25) is 9.59 Å². The van der Waals surface area contributed by atoms with E-state index in [9.17, 15) is 50.4 Å². The van der Waals surface area contributed by atoms with Crippen molar-refractivity contribution in [3.63, 3.8) is 0 Å². The number of aliphatic hydroxyl groups excluding tert-OH is 8. The van der Waals surface area contributed by atoms with E-state index in [1.165, 1.54) is 6.92 Å². The maximum absolute atomic E-state index is 11.7. The van der Waals surface area contributed by atoms with Crippen molar-refractivity contribution in [1.82, 2.24) is 10.6 Å². The fraction of sp³-hybridized carbons (Fsp3) is 0.909. The molecule has 2 amide bonds. The molecule has 17 nitrogen and oxygen atoms in total. The van der Waals surface area contributed by atoms with Gasteiger partial charge < -0.3 is 75.2 Å². The topological polar surface area (TPSA) is 266 Å². The van der Waals surface area contributed by atoms with Gasteiger partial charge in [-0.1, -0.05) is 0 Å². The van der Waals surface area contributed by atoms with Crippen molar-refractivity contribution in [3.05, 3.63) is 0 Å². The summed E-state index contributed by atoms with van der Waals surface area (Å²) in [7, 11) is 0. The Balaban J connectivity index is 1.84. The van der Waals surface area contributed by atoms with Gasteiger partial charge in [0.15, 0.2) is 18.9 Å². The van der Waals surface area contributed by atoms with Gasteiger partial charge in [0.2, 0.25) is 11.8 Å². The predicted molar refractivity (Wildman–Crippen MR) is 123 cm³/mol. The summed E-state index contributed by atoms with van der Waals surface area (Å²) >= 11 is 0. The third-order valence-corrected chi connectivity index (χ3v) is 6.86. The van der Waals surface area contributed by atoms with Crippen molar-refractivity contribution in [1.29, 1.82) is 0 Å². The van der Waals surface area contributed by atoms with E-state index in [0.717, 1.165) is 13.8 Å². The molecule has 0 saturated carbocycles. The first-order valence-corrected chi connectivity index (χ1v) is 12.4. The first kappa shape index (κ1) is 31.9. The van der Waals surface area contributed by atoms with Crippen molar-refractivity contribution >= 4 is 11.8 Å². The van der Waals surface area contributed by atoms with E-state index in [1.807, 2.05) is 0 Å². The second-order valence-corrected chi connectivity index (χ2v) is 9.79. The van der Waals surface area contributed by atoms with Gasteiger partial charge in [0.05, 0.1) is 19.3 Å². The van der Waals surface area contributed by atoms with Crippen LogP contribution in [-0.2, 0) is 33.3 Å². The normalized spacial score (nSPS) is 46.9. The number of carbonyl (C=O) groups excluding carboxylic acids is 2. The van der Waals surface area contributed by atoms with E-state index in [1.54, 1.807) is 0 Å². The monoisotopic (exact) mass is 570 g/mol. The first-order chi connectivity index (χ1) is 18.3. The highest BCUT2D eigenvalue weighted by Gasteiger charge is 2.53. The predicted octanol–water partition coefficient (Wildman–Crippen LogP) is -6.26. The van der Waals surface area contributed by atoms with Crippen molar-refractivity contribution < 1.29 is 74.1 Å². The number of rotatable bonds is 8. The Morgan fingerprint density at radius 2 is 1.21 bits per heavy atom. The summed E-state index contributed by atoms with van der Waals surface area (Å²) in [6.45, 7) is 2.23. The lowest BCUT2D eigenvalue weighted by Gasteiger charge is -2.48. The van der Waals surface area contributed by atoms with Crippen LogP contribution in [0.3, 0.4) is 0 Å². The molecule has 3 saturated heterocycles. The van der Waals surface area contributed by atoms with Gasteiger partial charge in [-0.05, 0) is 6.92 Å². The average molecular weight is 571 g/mol. The fourth-order valence-corrected chi connectivity index (χ4v) is 4.80. The number of carbonyl (C=O) groups is 2. The van der Waals surface area contributed by atoms with E-state index >= 15 is 0 Å². The van der Waals surface area contributed by atoms with Crippen LogP contribution < -0.4 is 10.6 Å². The molecule has 226 valence electrons. The van der Waals surface area contributed by atoms with Crippen LogP contribution in [-0.4, -0.2) is 158 Å². The molecule has 3 aliphatic heterocycles. The highest BCUT2D eigenvalue weighted by atomic mass is 16.7. The molecule has 3 rings (SSSR count). The zero-order valence-corrected chi connectivity index (χ0v) is 21.5. The highest BCUT2D eigenvalue weighted by molar-refractivity contribution is 5.73. The molecule has 17 heteroatoms. The van der Waals surface area contributed by atoms with Gasteiger partial charge in [-0.25, -0.2) is 0 Å². The number of hydrogen-bond acceptors (Lipinski definition) is 15. The largest absolute Gasteiger partial charge is 0.394 e. The van der Waals surface area contributed by atoms with Crippen LogP contribution in [0.2, 0.25) is 0 Å². The maximum Gasteiger partial charge on any atom is 0.217 e. The SMILES string of the molecule is CC(=O)N[C@@H]1[C@@H](O[C@@H]2O[C@@H](C)[C@@H](O)[C@@H](O[C@@H]3O[C@H](CO)[C@@H](O)[C@H](O)[C@H]3NC(C)=O)[C@@H]2O)[C@H](O)[C@@H](CO)O[C@H]1O. The molecule has 39 heavy (non-hydrogen) atoms. The van der Waals surface area contributed by atoms with Gasteiger partial charge >= 0.3 is 0 Å². The van der Waals surface area contributed by atoms with Crippen molar-refractivity contribution in [3.8, 4) is 0 Å². The molecular weight excluding hydrogens is 532 g/mol. The van der Waals surface area contributed by atoms with Crippen LogP contribution in [0.15, 0.2) is 0 Å². The van der Waals surface area contributed by atoms with Crippen LogP contribution in [0.4, 0.5) is 0 Å². The summed E-state index contributed by atoms with van der Waals surface area (Å²) in [6, 6.07) is -2.73. The van der Waals surface area contributed by atoms with Gasteiger partial charge in [0, 0.05) is 13.8 Å². The lowest BCUT2D eigenvalue weighted by atomic mass is 9.94. The molecule has 0 aromatic heterocycles. The number of aliphatic hydroxyl groups is 8. The first-order valence-electron chi connectivity index (χ1n) is 12.4. The second-order valence-electron chi connectivity index (χ2n) is 9.79. The Bertz CT molecular complexity index is 837. The minimum Gasteiger partial charge on any atom is -0.394 e. The second kappa shape index (κ2) is 13.4. The third-order valence-electron chi connectivity index (χ3n) is 6.86. The average Bonchev–Trinajstić information content (AvgIpc) is 2.87. The Morgan fingerprint density at radius 1 is 0.667 bits per heavy atom. The molecule has 3 heterocycles. The quantitative estimate of drug-likeness (QED) is 0.130. The molecule has 10 N–H and O–H groups in total.